The van der Waals surface area contributed by atoms with Gasteiger partial charge in [0, 0.05) is 61.5 Å². The van der Waals surface area contributed by atoms with Crippen molar-refractivity contribution in [2.24, 2.45) is 0 Å². The van der Waals surface area contributed by atoms with Gasteiger partial charge < -0.3 is 25.8 Å². The van der Waals surface area contributed by atoms with Crippen LogP contribution in [0, 0.1) is 0 Å². The Kier molecular flexibility index (Phi) is 7.00. The first-order valence-corrected chi connectivity index (χ1v) is 12.2. The Morgan fingerprint density at radius 2 is 1.89 bits per heavy atom. The van der Waals surface area contributed by atoms with Crippen molar-refractivity contribution in [1.82, 2.24) is 20.2 Å². The molecule has 3 amide bonds. The molecule has 190 valence electrons. The van der Waals surface area contributed by atoms with E-state index in [0.29, 0.717) is 24.0 Å². The van der Waals surface area contributed by atoms with Crippen molar-refractivity contribution in [3.8, 4) is 0 Å². The number of piperazine rings is 1. The van der Waals surface area contributed by atoms with Gasteiger partial charge in [0.2, 0.25) is 11.9 Å². The minimum absolute atomic E-state index is 0.241. The Labute approximate surface area is 216 Å². The molecule has 0 bridgehead atoms. The van der Waals surface area contributed by atoms with Crippen LogP contribution in [0.2, 0.25) is 0 Å². The van der Waals surface area contributed by atoms with Crippen molar-refractivity contribution in [2.75, 3.05) is 53.7 Å². The smallest absolute Gasteiger partial charge is 0.323 e. The van der Waals surface area contributed by atoms with Crippen LogP contribution in [0.3, 0.4) is 0 Å². The van der Waals surface area contributed by atoms with E-state index in [1.807, 2.05) is 30.3 Å². The maximum absolute atomic E-state index is 12.8. The number of benzene rings is 2. The first-order valence-electron chi connectivity index (χ1n) is 12.2. The van der Waals surface area contributed by atoms with Crippen LogP contribution < -0.4 is 25.8 Å². The summed E-state index contributed by atoms with van der Waals surface area (Å²) in [6, 6.07) is 15.3. The van der Waals surface area contributed by atoms with Gasteiger partial charge in [-0.3, -0.25) is 9.69 Å². The van der Waals surface area contributed by atoms with E-state index in [4.69, 9.17) is 0 Å². The SMILES string of the molecule is C=CC(=O)Nc1cccc(CN2C(=O)NCc3cnc(Nc4ccc(N5CCN(C)CC5)cc4)nc32)c1. The normalized spacial score (nSPS) is 15.5. The van der Waals surface area contributed by atoms with Crippen molar-refractivity contribution in [2.45, 2.75) is 13.1 Å². The summed E-state index contributed by atoms with van der Waals surface area (Å²) in [5.41, 5.74) is 4.36. The maximum atomic E-state index is 12.8. The second-order valence-corrected chi connectivity index (χ2v) is 9.14. The van der Waals surface area contributed by atoms with E-state index >= 15 is 0 Å². The predicted octanol–water partition coefficient (Wildman–Crippen LogP) is 3.33. The van der Waals surface area contributed by atoms with E-state index in [0.717, 1.165) is 43.0 Å². The van der Waals surface area contributed by atoms with Gasteiger partial charge >= 0.3 is 6.03 Å². The zero-order chi connectivity index (χ0) is 25.8. The summed E-state index contributed by atoms with van der Waals surface area (Å²) in [4.78, 5) is 39.9. The summed E-state index contributed by atoms with van der Waals surface area (Å²) < 4.78 is 0. The number of anilines is 5. The highest BCUT2D eigenvalue weighted by molar-refractivity contribution is 5.99. The van der Waals surface area contributed by atoms with Gasteiger partial charge in [0.25, 0.3) is 0 Å². The number of hydrogen-bond donors (Lipinski definition) is 3. The fraction of sp³-hybridized carbons (Fsp3) is 0.259. The minimum atomic E-state index is -0.293. The van der Waals surface area contributed by atoms with Gasteiger partial charge in [0.05, 0.1) is 6.54 Å². The van der Waals surface area contributed by atoms with Gasteiger partial charge in [-0.1, -0.05) is 18.7 Å². The third-order valence-corrected chi connectivity index (χ3v) is 6.49. The molecule has 2 aliphatic heterocycles. The lowest BCUT2D eigenvalue weighted by molar-refractivity contribution is -0.111. The molecule has 3 N–H and O–H groups in total. The van der Waals surface area contributed by atoms with Crippen molar-refractivity contribution in [3.05, 3.63) is 78.5 Å². The number of carbonyl (C=O) groups is 2. The van der Waals surface area contributed by atoms with Gasteiger partial charge in [-0.05, 0) is 55.1 Å². The van der Waals surface area contributed by atoms with Crippen LogP contribution in [0.15, 0.2) is 67.4 Å². The molecular formula is C27H30N8O2. The van der Waals surface area contributed by atoms with Crippen molar-refractivity contribution in [1.29, 1.82) is 0 Å². The zero-order valence-corrected chi connectivity index (χ0v) is 20.8. The topological polar surface area (TPSA) is 106 Å². The average Bonchev–Trinajstić information content (AvgIpc) is 2.91. The highest BCUT2D eigenvalue weighted by Crippen LogP contribution is 2.27. The Balaban J connectivity index is 1.32. The first kappa shape index (κ1) is 24.3. The lowest BCUT2D eigenvalue weighted by Crippen LogP contribution is -2.44. The molecule has 1 saturated heterocycles. The molecule has 2 aliphatic rings. The highest BCUT2D eigenvalue weighted by atomic mass is 16.2. The fourth-order valence-corrected chi connectivity index (χ4v) is 4.40. The van der Waals surface area contributed by atoms with Crippen LogP contribution in [-0.4, -0.2) is 60.0 Å². The summed E-state index contributed by atoms with van der Waals surface area (Å²) in [6.07, 6.45) is 2.95. The fourth-order valence-electron chi connectivity index (χ4n) is 4.40. The number of rotatable bonds is 7. The Bertz CT molecular complexity index is 1300. The predicted molar refractivity (Wildman–Crippen MR) is 145 cm³/mol. The number of amides is 3. The molecule has 0 saturated carbocycles. The van der Waals surface area contributed by atoms with Gasteiger partial charge in [-0.25, -0.2) is 9.78 Å². The van der Waals surface area contributed by atoms with Crippen LogP contribution in [0.1, 0.15) is 11.1 Å². The average molecular weight is 499 g/mol. The molecule has 3 aromatic rings. The van der Waals surface area contributed by atoms with Gasteiger partial charge in [0.15, 0.2) is 0 Å². The molecule has 10 nitrogen and oxygen atoms in total. The summed E-state index contributed by atoms with van der Waals surface area (Å²) in [7, 11) is 2.15. The third kappa shape index (κ3) is 5.70. The van der Waals surface area contributed by atoms with Crippen LogP contribution in [-0.2, 0) is 17.9 Å². The monoisotopic (exact) mass is 498 g/mol. The van der Waals surface area contributed by atoms with Crippen LogP contribution >= 0.6 is 0 Å². The van der Waals surface area contributed by atoms with Crippen molar-refractivity contribution in [3.63, 3.8) is 0 Å². The van der Waals surface area contributed by atoms with E-state index in [9.17, 15) is 9.59 Å². The van der Waals surface area contributed by atoms with E-state index < -0.39 is 0 Å². The number of likely N-dealkylation sites (N-methyl/N-ethyl adjacent to an activating group) is 1. The second-order valence-electron chi connectivity index (χ2n) is 9.14. The van der Waals surface area contributed by atoms with E-state index in [-0.39, 0.29) is 18.5 Å². The second kappa shape index (κ2) is 10.7. The molecule has 0 atom stereocenters. The lowest BCUT2D eigenvalue weighted by atomic mass is 10.1. The van der Waals surface area contributed by atoms with Gasteiger partial charge in [-0.15, -0.1) is 0 Å². The molecule has 1 aromatic heterocycles. The molecular weight excluding hydrogens is 468 g/mol. The molecule has 0 unspecified atom stereocenters. The van der Waals surface area contributed by atoms with E-state index in [2.05, 4.69) is 61.5 Å². The number of urea groups is 1. The van der Waals surface area contributed by atoms with Gasteiger partial charge in [-0.2, -0.15) is 4.98 Å². The number of nitrogens with one attached hydrogen (secondary N) is 3. The number of fused-ring (bicyclic) bond motifs is 1. The standard InChI is InChI=1S/C27H30N8O2/c1-3-24(36)30-22-6-4-5-19(15-22)18-35-25-20(17-29-27(35)37)16-28-26(32-25)31-21-7-9-23(10-8-21)34-13-11-33(2)12-14-34/h3-10,15-16H,1,11-14,17-18H2,2H3,(H,29,37)(H,30,36)(H,28,31,32). The Morgan fingerprint density at radius 3 is 2.65 bits per heavy atom. The molecule has 0 radical (unpaired) electrons. The highest BCUT2D eigenvalue weighted by Gasteiger charge is 2.26. The lowest BCUT2D eigenvalue weighted by Gasteiger charge is -2.34. The van der Waals surface area contributed by atoms with E-state index in [1.54, 1.807) is 17.2 Å². The molecule has 0 spiro atoms. The number of hydrogen-bond acceptors (Lipinski definition) is 7. The largest absolute Gasteiger partial charge is 0.369 e. The van der Waals surface area contributed by atoms with Crippen LogP contribution in [0.4, 0.5) is 33.6 Å². The number of aromatic nitrogens is 2. The first-order chi connectivity index (χ1) is 18.0. The molecule has 10 heteroatoms. The Morgan fingerprint density at radius 1 is 1.11 bits per heavy atom. The number of carbonyl (C=O) groups excluding carboxylic acids is 2. The minimum Gasteiger partial charge on any atom is -0.369 e. The molecule has 0 aliphatic carbocycles. The quantitative estimate of drug-likeness (QED) is 0.429. The van der Waals surface area contributed by atoms with Crippen molar-refractivity contribution < 1.29 is 9.59 Å². The number of nitrogens with zero attached hydrogens (tertiary/aromatic N) is 5. The summed E-state index contributed by atoms with van der Waals surface area (Å²) in [5.74, 6) is 0.673. The van der Waals surface area contributed by atoms with Crippen LogP contribution in [0.5, 0.6) is 0 Å². The molecule has 2 aromatic carbocycles. The molecule has 5 rings (SSSR count). The molecule has 1 fully saturated rings. The maximum Gasteiger partial charge on any atom is 0.323 e. The van der Waals surface area contributed by atoms with Crippen molar-refractivity contribution >= 4 is 40.8 Å². The van der Waals surface area contributed by atoms with Gasteiger partial charge in [0.1, 0.15) is 5.82 Å². The summed E-state index contributed by atoms with van der Waals surface area (Å²) in [6.45, 7) is 8.26. The summed E-state index contributed by atoms with van der Waals surface area (Å²) >= 11 is 0. The van der Waals surface area contributed by atoms with Crippen LogP contribution in [0.25, 0.3) is 0 Å². The third-order valence-electron chi connectivity index (χ3n) is 6.49. The molecule has 3 heterocycles. The Hall–Kier alpha value is -4.44. The van der Waals surface area contributed by atoms with E-state index in [1.165, 1.54) is 11.8 Å². The molecule has 37 heavy (non-hydrogen) atoms. The summed E-state index contributed by atoms with van der Waals surface area (Å²) in [5, 5.41) is 8.88. The zero-order valence-electron chi connectivity index (χ0n) is 20.8.